The van der Waals surface area contributed by atoms with Gasteiger partial charge in [0.2, 0.25) is 15.9 Å². The van der Waals surface area contributed by atoms with Gasteiger partial charge in [0.25, 0.3) is 5.91 Å². The lowest BCUT2D eigenvalue weighted by molar-refractivity contribution is -0.124. The van der Waals surface area contributed by atoms with E-state index in [1.165, 1.54) is 7.05 Å². The lowest BCUT2D eigenvalue weighted by Crippen LogP contribution is -2.49. The Labute approximate surface area is 178 Å². The van der Waals surface area contributed by atoms with E-state index in [2.05, 4.69) is 15.4 Å². The Morgan fingerprint density at radius 3 is 2.13 bits per heavy atom. The zero-order valence-corrected chi connectivity index (χ0v) is 18.5. The second kappa shape index (κ2) is 10.4. The van der Waals surface area contributed by atoms with Crippen molar-refractivity contribution < 1.29 is 18.0 Å². The normalized spacial score (nSPS) is 12.4. The number of nitrogens with one attached hydrogen (secondary N) is 3. The van der Waals surface area contributed by atoms with E-state index >= 15 is 0 Å². The van der Waals surface area contributed by atoms with Crippen molar-refractivity contribution in [2.24, 2.45) is 5.92 Å². The van der Waals surface area contributed by atoms with Crippen molar-refractivity contribution >= 4 is 21.8 Å². The molecule has 0 fully saturated rings. The maximum atomic E-state index is 12.7. The van der Waals surface area contributed by atoms with Crippen LogP contribution >= 0.6 is 0 Å². The van der Waals surface area contributed by atoms with E-state index in [1.807, 2.05) is 32.9 Å². The Kier molecular flexibility index (Phi) is 8.14. The average Bonchev–Trinajstić information content (AvgIpc) is 2.71. The molecule has 0 bridgehead atoms. The quantitative estimate of drug-likeness (QED) is 0.566. The van der Waals surface area contributed by atoms with Gasteiger partial charge in [-0.05, 0) is 42.6 Å². The largest absolute Gasteiger partial charge is 0.350 e. The Bertz CT molecular complexity index is 986. The minimum absolute atomic E-state index is 0.0907. The van der Waals surface area contributed by atoms with Gasteiger partial charge in [-0.3, -0.25) is 9.59 Å². The summed E-state index contributed by atoms with van der Waals surface area (Å²) in [5, 5.41) is 5.67. The van der Waals surface area contributed by atoms with Gasteiger partial charge in [0.05, 0.1) is 5.75 Å². The van der Waals surface area contributed by atoms with Crippen LogP contribution in [0, 0.1) is 12.8 Å². The second-order valence-corrected chi connectivity index (χ2v) is 9.43. The summed E-state index contributed by atoms with van der Waals surface area (Å²) in [7, 11) is -1.95. The molecule has 2 amide bonds. The van der Waals surface area contributed by atoms with Crippen LogP contribution in [0.15, 0.2) is 48.5 Å². The molecule has 0 saturated carbocycles. The van der Waals surface area contributed by atoms with Crippen molar-refractivity contribution in [3.63, 3.8) is 0 Å². The molecule has 2 aromatic rings. The third-order valence-corrected chi connectivity index (χ3v) is 6.12. The highest BCUT2D eigenvalue weighted by Gasteiger charge is 2.25. The fourth-order valence-corrected chi connectivity index (χ4v) is 3.70. The first-order valence-electron chi connectivity index (χ1n) is 9.76. The Morgan fingerprint density at radius 1 is 0.967 bits per heavy atom. The highest BCUT2D eigenvalue weighted by Crippen LogP contribution is 2.11. The molecule has 162 valence electrons. The van der Waals surface area contributed by atoms with E-state index in [0.29, 0.717) is 11.1 Å². The highest BCUT2D eigenvalue weighted by atomic mass is 32.2. The Morgan fingerprint density at radius 2 is 1.57 bits per heavy atom. The molecule has 0 spiro atoms. The van der Waals surface area contributed by atoms with Crippen LogP contribution in [0.4, 0.5) is 0 Å². The molecular formula is C22H29N3O4S. The molecule has 1 atom stereocenters. The number of carbonyl (C=O) groups excluding carboxylic acids is 2. The van der Waals surface area contributed by atoms with Crippen molar-refractivity contribution in [1.82, 2.24) is 15.4 Å². The molecule has 2 rings (SSSR count). The van der Waals surface area contributed by atoms with Gasteiger partial charge in [-0.1, -0.05) is 56.3 Å². The van der Waals surface area contributed by atoms with E-state index < -0.39 is 16.1 Å². The first-order valence-corrected chi connectivity index (χ1v) is 11.4. The van der Waals surface area contributed by atoms with Crippen LogP contribution in [-0.2, 0) is 27.1 Å². The Hall–Kier alpha value is -2.71. The summed E-state index contributed by atoms with van der Waals surface area (Å²) in [6.45, 7) is 5.88. The zero-order chi connectivity index (χ0) is 22.3. The third-order valence-electron chi connectivity index (χ3n) is 4.78. The topological polar surface area (TPSA) is 104 Å². The minimum atomic E-state index is -3.33. The van der Waals surface area contributed by atoms with Crippen LogP contribution in [0.2, 0.25) is 0 Å². The van der Waals surface area contributed by atoms with E-state index in [-0.39, 0.29) is 30.0 Å². The first kappa shape index (κ1) is 23.6. The number of benzene rings is 2. The fraction of sp³-hybridized carbons (Fsp3) is 0.364. The smallest absolute Gasteiger partial charge is 0.252 e. The van der Waals surface area contributed by atoms with Crippen molar-refractivity contribution in [1.29, 1.82) is 0 Å². The summed E-state index contributed by atoms with van der Waals surface area (Å²) >= 11 is 0. The van der Waals surface area contributed by atoms with Crippen molar-refractivity contribution in [2.45, 2.75) is 39.1 Å². The van der Waals surface area contributed by atoms with Gasteiger partial charge in [0.1, 0.15) is 6.04 Å². The van der Waals surface area contributed by atoms with E-state index in [0.717, 1.165) is 11.1 Å². The number of hydrogen-bond acceptors (Lipinski definition) is 4. The molecule has 0 aromatic heterocycles. The molecule has 2 aromatic carbocycles. The van der Waals surface area contributed by atoms with Crippen LogP contribution in [0.25, 0.3) is 0 Å². The summed E-state index contributed by atoms with van der Waals surface area (Å²) in [5.74, 6) is -0.742. The summed E-state index contributed by atoms with van der Waals surface area (Å²) in [6.07, 6.45) is 0. The van der Waals surface area contributed by atoms with Gasteiger partial charge < -0.3 is 10.6 Å². The summed E-state index contributed by atoms with van der Waals surface area (Å²) in [6, 6.07) is 13.6. The molecule has 0 saturated heterocycles. The molecule has 0 radical (unpaired) electrons. The van der Waals surface area contributed by atoms with Crippen molar-refractivity contribution in [3.05, 3.63) is 70.8 Å². The number of carbonyl (C=O) groups is 2. The van der Waals surface area contributed by atoms with E-state index in [1.54, 1.807) is 36.4 Å². The van der Waals surface area contributed by atoms with Gasteiger partial charge in [-0.15, -0.1) is 0 Å². The van der Waals surface area contributed by atoms with E-state index in [4.69, 9.17) is 0 Å². The number of amides is 2. The number of aryl methyl sites for hydroxylation is 1. The highest BCUT2D eigenvalue weighted by molar-refractivity contribution is 7.88. The van der Waals surface area contributed by atoms with E-state index in [9.17, 15) is 18.0 Å². The van der Waals surface area contributed by atoms with Gasteiger partial charge in [-0.25, -0.2) is 13.1 Å². The monoisotopic (exact) mass is 431 g/mol. The van der Waals surface area contributed by atoms with Crippen molar-refractivity contribution in [2.75, 3.05) is 7.05 Å². The first-order chi connectivity index (χ1) is 14.1. The third kappa shape index (κ3) is 6.67. The maximum absolute atomic E-state index is 12.7. The molecule has 0 aliphatic carbocycles. The summed E-state index contributed by atoms with van der Waals surface area (Å²) < 4.78 is 25.5. The predicted octanol–water partition coefficient (Wildman–Crippen LogP) is 2.12. The van der Waals surface area contributed by atoms with Crippen LogP contribution in [0.1, 0.15) is 40.9 Å². The second-order valence-electron chi connectivity index (χ2n) is 7.51. The molecule has 7 nitrogen and oxygen atoms in total. The van der Waals surface area contributed by atoms with Crippen molar-refractivity contribution in [3.8, 4) is 0 Å². The average molecular weight is 432 g/mol. The van der Waals surface area contributed by atoms with Gasteiger partial charge in [-0.2, -0.15) is 0 Å². The van der Waals surface area contributed by atoms with Gasteiger partial charge in [0.15, 0.2) is 0 Å². The van der Waals surface area contributed by atoms with Crippen LogP contribution in [-0.4, -0.2) is 33.3 Å². The molecular weight excluding hydrogens is 402 g/mol. The zero-order valence-electron chi connectivity index (χ0n) is 17.7. The lowest BCUT2D eigenvalue weighted by Gasteiger charge is -2.22. The van der Waals surface area contributed by atoms with Crippen LogP contribution in [0.5, 0.6) is 0 Å². The van der Waals surface area contributed by atoms with Gasteiger partial charge in [0, 0.05) is 12.1 Å². The molecule has 3 N–H and O–H groups in total. The standard InChI is InChI=1S/C22H29N3O4S/c1-15(2)20(25-21(26)19-8-6-5-7-16(19)3)22(27)24-13-17-9-11-18(12-10-17)14-30(28,29)23-4/h5-12,15,20,23H,13-14H2,1-4H3,(H,24,27)(H,25,26). The number of sulfonamides is 1. The fourth-order valence-electron chi connectivity index (χ4n) is 2.93. The Balaban J connectivity index is 1.98. The minimum Gasteiger partial charge on any atom is -0.350 e. The van der Waals surface area contributed by atoms with Gasteiger partial charge >= 0.3 is 0 Å². The number of hydrogen-bond donors (Lipinski definition) is 3. The summed E-state index contributed by atoms with van der Waals surface area (Å²) in [5.41, 5.74) is 2.88. The predicted molar refractivity (Wildman–Crippen MR) is 117 cm³/mol. The SMILES string of the molecule is CNS(=O)(=O)Cc1ccc(CNC(=O)C(NC(=O)c2ccccc2C)C(C)C)cc1. The molecule has 8 heteroatoms. The van der Waals surface area contributed by atoms with Crippen LogP contribution < -0.4 is 15.4 Å². The number of rotatable bonds is 9. The molecule has 0 aliphatic heterocycles. The molecule has 0 aliphatic rings. The van der Waals surface area contributed by atoms with Crippen LogP contribution in [0.3, 0.4) is 0 Å². The lowest BCUT2D eigenvalue weighted by atomic mass is 10.0. The maximum Gasteiger partial charge on any atom is 0.252 e. The summed E-state index contributed by atoms with van der Waals surface area (Å²) in [4.78, 5) is 25.3. The molecule has 30 heavy (non-hydrogen) atoms. The molecule has 1 unspecified atom stereocenters. The molecule has 0 heterocycles.